The molecule has 0 aliphatic heterocycles. The molecule has 0 aliphatic rings. The first kappa shape index (κ1) is 14.4. The zero-order chi connectivity index (χ0) is 16.6. The number of aromatic nitrogens is 1. The van der Waals surface area contributed by atoms with E-state index in [9.17, 15) is 0 Å². The maximum absolute atomic E-state index is 4.15. The normalized spacial score (nSPS) is 11.2. The van der Waals surface area contributed by atoms with E-state index >= 15 is 0 Å². The highest BCUT2D eigenvalue weighted by atomic mass is 32.1. The molecule has 2 heteroatoms. The van der Waals surface area contributed by atoms with Crippen LogP contribution in [-0.4, -0.2) is 4.98 Å². The quantitative estimate of drug-likeness (QED) is 0.346. The Labute approximate surface area is 150 Å². The van der Waals surface area contributed by atoms with E-state index in [1.54, 1.807) is 0 Å². The Kier molecular flexibility index (Phi) is 3.36. The van der Waals surface area contributed by atoms with E-state index in [-0.39, 0.29) is 0 Å². The number of pyridine rings is 1. The molecule has 2 aromatic heterocycles. The van der Waals surface area contributed by atoms with Gasteiger partial charge in [-0.1, -0.05) is 66.7 Å². The maximum Gasteiger partial charge on any atom is 0.0434 e. The predicted molar refractivity (Wildman–Crippen MR) is 108 cm³/mol. The number of fused-ring (bicyclic) bond motifs is 3. The first-order valence-corrected chi connectivity index (χ1v) is 9.13. The molecule has 0 aliphatic carbocycles. The van der Waals surface area contributed by atoms with E-state index in [4.69, 9.17) is 0 Å². The van der Waals surface area contributed by atoms with Gasteiger partial charge in [0.2, 0.25) is 0 Å². The fourth-order valence-corrected chi connectivity index (χ4v) is 4.80. The van der Waals surface area contributed by atoms with Gasteiger partial charge in [-0.25, -0.2) is 0 Å². The molecule has 0 spiro atoms. The summed E-state index contributed by atoms with van der Waals surface area (Å²) in [7, 11) is 0. The van der Waals surface area contributed by atoms with E-state index in [0.717, 1.165) is 0 Å². The molecular weight excluding hydrogens is 322 g/mol. The second kappa shape index (κ2) is 5.83. The summed E-state index contributed by atoms with van der Waals surface area (Å²) in [4.78, 5) is 4.15. The summed E-state index contributed by atoms with van der Waals surface area (Å²) in [5, 5.41) is 2.66. The summed E-state index contributed by atoms with van der Waals surface area (Å²) in [6.45, 7) is 0. The largest absolute Gasteiger partial charge is 0.265 e. The van der Waals surface area contributed by atoms with Crippen LogP contribution in [0.15, 0.2) is 91.3 Å². The second-order valence-electron chi connectivity index (χ2n) is 6.07. The van der Waals surface area contributed by atoms with Gasteiger partial charge in [-0.2, -0.15) is 0 Å². The van der Waals surface area contributed by atoms with Crippen LogP contribution in [-0.2, 0) is 0 Å². The van der Waals surface area contributed by atoms with Crippen molar-refractivity contribution in [3.63, 3.8) is 0 Å². The average molecular weight is 337 g/mol. The Morgan fingerprint density at radius 1 is 0.520 bits per heavy atom. The Hall–Kier alpha value is -2.97. The van der Waals surface area contributed by atoms with Gasteiger partial charge in [0.1, 0.15) is 0 Å². The molecule has 25 heavy (non-hydrogen) atoms. The van der Waals surface area contributed by atoms with Crippen molar-refractivity contribution in [3.05, 3.63) is 91.3 Å². The summed E-state index contributed by atoms with van der Waals surface area (Å²) in [5.41, 5.74) is 5.07. The number of thiophene rings is 1. The van der Waals surface area contributed by atoms with Crippen LogP contribution in [0.4, 0.5) is 0 Å². The minimum atomic E-state index is 1.22. The molecule has 2 heterocycles. The molecule has 3 aromatic carbocycles. The van der Waals surface area contributed by atoms with Gasteiger partial charge in [0.25, 0.3) is 0 Å². The van der Waals surface area contributed by atoms with E-state index in [1.807, 2.05) is 23.7 Å². The van der Waals surface area contributed by atoms with Gasteiger partial charge < -0.3 is 0 Å². The Bertz CT molecular complexity index is 1080. The van der Waals surface area contributed by atoms with Gasteiger partial charge in [0.05, 0.1) is 0 Å². The van der Waals surface area contributed by atoms with Crippen molar-refractivity contribution in [2.24, 2.45) is 0 Å². The van der Waals surface area contributed by atoms with Crippen LogP contribution in [0.3, 0.4) is 0 Å². The van der Waals surface area contributed by atoms with Crippen molar-refractivity contribution >= 4 is 31.5 Å². The lowest BCUT2D eigenvalue weighted by Crippen LogP contribution is -1.78. The van der Waals surface area contributed by atoms with Gasteiger partial charge in [-0.05, 0) is 34.4 Å². The van der Waals surface area contributed by atoms with Crippen molar-refractivity contribution in [1.82, 2.24) is 4.98 Å². The third-order valence-electron chi connectivity index (χ3n) is 4.60. The average Bonchev–Trinajstić information content (AvgIpc) is 3.08. The summed E-state index contributed by atoms with van der Waals surface area (Å²) in [6.07, 6.45) is 3.72. The molecule has 0 saturated heterocycles. The zero-order valence-corrected chi connectivity index (χ0v) is 14.3. The van der Waals surface area contributed by atoms with Gasteiger partial charge >= 0.3 is 0 Å². The molecular formula is C23H15NS. The first-order valence-electron chi connectivity index (χ1n) is 8.32. The lowest BCUT2D eigenvalue weighted by molar-refractivity contribution is 1.33. The summed E-state index contributed by atoms with van der Waals surface area (Å²) < 4.78 is 2.69. The third kappa shape index (κ3) is 2.34. The molecule has 0 N–H and O–H groups in total. The minimum Gasteiger partial charge on any atom is -0.265 e. The van der Waals surface area contributed by atoms with Gasteiger partial charge in [-0.15, -0.1) is 11.3 Å². The summed E-state index contributed by atoms with van der Waals surface area (Å²) in [5.74, 6) is 0. The van der Waals surface area contributed by atoms with E-state index in [2.05, 4.69) is 83.8 Å². The molecule has 0 unspecified atom stereocenters. The van der Waals surface area contributed by atoms with E-state index in [0.29, 0.717) is 0 Å². The van der Waals surface area contributed by atoms with Crippen LogP contribution < -0.4 is 0 Å². The van der Waals surface area contributed by atoms with Gasteiger partial charge in [0, 0.05) is 32.6 Å². The number of hydrogen-bond acceptors (Lipinski definition) is 2. The zero-order valence-electron chi connectivity index (χ0n) is 13.5. The smallest absolute Gasteiger partial charge is 0.0434 e. The van der Waals surface area contributed by atoms with Crippen molar-refractivity contribution in [2.75, 3.05) is 0 Å². The molecule has 0 saturated carbocycles. The van der Waals surface area contributed by atoms with Crippen LogP contribution in [0.25, 0.3) is 42.4 Å². The van der Waals surface area contributed by atoms with Crippen LogP contribution in [0, 0.1) is 0 Å². The first-order chi connectivity index (χ1) is 12.4. The van der Waals surface area contributed by atoms with Crippen molar-refractivity contribution in [2.45, 2.75) is 0 Å². The Morgan fingerprint density at radius 3 is 1.68 bits per heavy atom. The van der Waals surface area contributed by atoms with Crippen molar-refractivity contribution < 1.29 is 0 Å². The number of nitrogens with zero attached hydrogens (tertiary/aromatic N) is 1. The van der Waals surface area contributed by atoms with E-state index < -0.39 is 0 Å². The fraction of sp³-hybridized carbons (Fsp3) is 0. The number of hydrogen-bond donors (Lipinski definition) is 0. The molecule has 0 atom stereocenters. The molecule has 118 valence electrons. The van der Waals surface area contributed by atoms with Crippen LogP contribution in [0.1, 0.15) is 0 Å². The Balaban J connectivity index is 1.85. The SMILES string of the molecule is c1ccc(-c2cccc3c2sc2c(-c4ccncc4)cccc23)cc1. The molecule has 5 aromatic rings. The second-order valence-corrected chi connectivity index (χ2v) is 7.09. The minimum absolute atomic E-state index is 1.22. The Morgan fingerprint density at radius 2 is 1.08 bits per heavy atom. The molecule has 0 fully saturated rings. The van der Waals surface area contributed by atoms with E-state index in [1.165, 1.54) is 42.4 Å². The third-order valence-corrected chi connectivity index (χ3v) is 5.89. The highest BCUT2D eigenvalue weighted by Crippen LogP contribution is 2.43. The van der Waals surface area contributed by atoms with Crippen molar-refractivity contribution in [1.29, 1.82) is 0 Å². The topological polar surface area (TPSA) is 12.9 Å². The highest BCUT2D eigenvalue weighted by Gasteiger charge is 2.13. The monoisotopic (exact) mass is 337 g/mol. The number of rotatable bonds is 2. The summed E-state index contributed by atoms with van der Waals surface area (Å²) in [6, 6.07) is 28.0. The van der Waals surface area contributed by atoms with Crippen LogP contribution in [0.5, 0.6) is 0 Å². The molecule has 0 amide bonds. The lowest BCUT2D eigenvalue weighted by atomic mass is 10.0. The molecule has 0 bridgehead atoms. The fourth-order valence-electron chi connectivity index (χ4n) is 3.42. The lowest BCUT2D eigenvalue weighted by Gasteiger charge is -2.02. The maximum atomic E-state index is 4.15. The standard InChI is InChI=1S/C23H15NS/c1-2-6-16(7-3-1)18-8-4-10-20-21-11-5-9-19(23(21)25-22(18)20)17-12-14-24-15-13-17/h1-15H. The molecule has 1 nitrogen and oxygen atoms in total. The highest BCUT2D eigenvalue weighted by molar-refractivity contribution is 7.26. The van der Waals surface area contributed by atoms with Gasteiger partial charge in [0.15, 0.2) is 0 Å². The van der Waals surface area contributed by atoms with Gasteiger partial charge in [-0.3, -0.25) is 4.98 Å². The molecule has 0 radical (unpaired) electrons. The summed E-state index contributed by atoms with van der Waals surface area (Å²) >= 11 is 1.88. The van der Waals surface area contributed by atoms with Crippen LogP contribution >= 0.6 is 11.3 Å². The number of benzene rings is 3. The van der Waals surface area contributed by atoms with Crippen molar-refractivity contribution in [3.8, 4) is 22.3 Å². The predicted octanol–water partition coefficient (Wildman–Crippen LogP) is 6.78. The molecule has 5 rings (SSSR count). The van der Waals surface area contributed by atoms with Crippen LogP contribution in [0.2, 0.25) is 0 Å².